The highest BCUT2D eigenvalue weighted by Gasteiger charge is 2.07. The summed E-state index contributed by atoms with van der Waals surface area (Å²) in [7, 11) is -3.23. The first-order valence-corrected chi connectivity index (χ1v) is 8.18. The van der Waals surface area contributed by atoms with Crippen molar-refractivity contribution >= 4 is 16.3 Å². The average molecular weight is 263 g/mol. The van der Waals surface area contributed by atoms with Gasteiger partial charge in [0.1, 0.15) is 6.29 Å². The molecule has 0 aromatic carbocycles. The number of nitrogens with one attached hydrogen (secondary N) is 1. The zero-order valence-corrected chi connectivity index (χ0v) is 11.6. The van der Waals surface area contributed by atoms with E-state index in [1.165, 1.54) is 32.1 Å². The molecule has 17 heavy (non-hydrogen) atoms. The third kappa shape index (κ3) is 11.8. The number of carbonyl (C=O) groups is 1. The van der Waals surface area contributed by atoms with Crippen LogP contribution in [0.1, 0.15) is 58.3 Å². The van der Waals surface area contributed by atoms with Crippen LogP contribution in [0.2, 0.25) is 0 Å². The SMILES string of the molecule is CCCCCCCCCCS(=O)(=O)NCC=O. The van der Waals surface area contributed by atoms with Gasteiger partial charge in [0, 0.05) is 0 Å². The minimum absolute atomic E-state index is 0.112. The number of hydrogen-bond acceptors (Lipinski definition) is 3. The molecule has 0 aliphatic carbocycles. The minimum Gasteiger partial charge on any atom is -0.302 e. The topological polar surface area (TPSA) is 63.2 Å². The first-order chi connectivity index (χ1) is 8.12. The minimum atomic E-state index is -3.23. The molecule has 0 atom stereocenters. The summed E-state index contributed by atoms with van der Waals surface area (Å²) in [5, 5.41) is 0. The van der Waals surface area contributed by atoms with Crippen molar-refractivity contribution < 1.29 is 13.2 Å². The van der Waals surface area contributed by atoms with Crippen molar-refractivity contribution in [3.8, 4) is 0 Å². The highest BCUT2D eigenvalue weighted by molar-refractivity contribution is 7.89. The van der Waals surface area contributed by atoms with E-state index in [0.717, 1.165) is 12.8 Å². The van der Waals surface area contributed by atoms with Gasteiger partial charge in [0.05, 0.1) is 12.3 Å². The van der Waals surface area contributed by atoms with E-state index in [-0.39, 0.29) is 12.3 Å². The normalized spacial score (nSPS) is 11.6. The van der Waals surface area contributed by atoms with Gasteiger partial charge in [0.2, 0.25) is 10.0 Å². The van der Waals surface area contributed by atoms with Gasteiger partial charge in [-0.25, -0.2) is 13.1 Å². The molecular weight excluding hydrogens is 238 g/mol. The van der Waals surface area contributed by atoms with E-state index in [0.29, 0.717) is 12.7 Å². The van der Waals surface area contributed by atoms with Crippen LogP contribution in [0.25, 0.3) is 0 Å². The molecular formula is C12H25NO3S. The summed E-state index contributed by atoms with van der Waals surface area (Å²) in [6.45, 7) is 2.08. The second kappa shape index (κ2) is 10.7. The molecule has 0 fully saturated rings. The van der Waals surface area contributed by atoms with Crippen LogP contribution in [0.5, 0.6) is 0 Å². The van der Waals surface area contributed by atoms with Gasteiger partial charge in [-0.05, 0) is 6.42 Å². The van der Waals surface area contributed by atoms with Gasteiger partial charge in [-0.3, -0.25) is 0 Å². The van der Waals surface area contributed by atoms with Gasteiger partial charge >= 0.3 is 0 Å². The fourth-order valence-corrected chi connectivity index (χ4v) is 2.71. The molecule has 0 rings (SSSR count). The molecule has 0 saturated carbocycles. The summed E-state index contributed by atoms with van der Waals surface area (Å²) in [6, 6.07) is 0. The Morgan fingerprint density at radius 3 is 2.00 bits per heavy atom. The van der Waals surface area contributed by atoms with E-state index >= 15 is 0 Å². The van der Waals surface area contributed by atoms with Crippen molar-refractivity contribution in [2.24, 2.45) is 0 Å². The molecule has 5 heteroatoms. The Labute approximate surface area is 105 Å². The lowest BCUT2D eigenvalue weighted by molar-refractivity contribution is -0.106. The van der Waals surface area contributed by atoms with Gasteiger partial charge in [-0.1, -0.05) is 51.9 Å². The molecule has 0 radical (unpaired) electrons. The van der Waals surface area contributed by atoms with Crippen LogP contribution in [0.3, 0.4) is 0 Å². The highest BCUT2D eigenvalue weighted by atomic mass is 32.2. The first-order valence-electron chi connectivity index (χ1n) is 6.53. The van der Waals surface area contributed by atoms with E-state index in [4.69, 9.17) is 0 Å². The molecule has 1 N–H and O–H groups in total. The molecule has 0 amide bonds. The maximum Gasteiger partial charge on any atom is 0.211 e. The Hall–Kier alpha value is -0.420. The van der Waals surface area contributed by atoms with Crippen LogP contribution in [-0.2, 0) is 14.8 Å². The van der Waals surface area contributed by atoms with Crippen LogP contribution in [-0.4, -0.2) is 27.0 Å². The first kappa shape index (κ1) is 16.6. The summed E-state index contributed by atoms with van der Waals surface area (Å²) in [5.41, 5.74) is 0. The second-order valence-electron chi connectivity index (χ2n) is 4.31. The maximum atomic E-state index is 11.3. The Bertz CT molecular complexity index is 275. The number of unbranched alkanes of at least 4 members (excludes halogenated alkanes) is 7. The van der Waals surface area contributed by atoms with Crippen molar-refractivity contribution in [1.29, 1.82) is 0 Å². The lowest BCUT2D eigenvalue weighted by Gasteiger charge is -2.04. The molecule has 0 aromatic rings. The third-order valence-electron chi connectivity index (χ3n) is 2.65. The lowest BCUT2D eigenvalue weighted by Crippen LogP contribution is -2.27. The van der Waals surface area contributed by atoms with Gasteiger partial charge in [-0.15, -0.1) is 0 Å². The Kier molecular flexibility index (Phi) is 10.5. The van der Waals surface area contributed by atoms with Crippen molar-refractivity contribution in [1.82, 2.24) is 4.72 Å². The summed E-state index contributed by atoms with van der Waals surface area (Å²) in [5.74, 6) is 0.135. The summed E-state index contributed by atoms with van der Waals surface area (Å²) in [4.78, 5) is 10.0. The van der Waals surface area contributed by atoms with E-state index in [2.05, 4.69) is 11.6 Å². The molecule has 0 unspecified atom stereocenters. The molecule has 0 aliphatic heterocycles. The Morgan fingerprint density at radius 2 is 1.47 bits per heavy atom. The monoisotopic (exact) mass is 263 g/mol. The zero-order chi connectivity index (χ0) is 13.0. The fraction of sp³-hybridized carbons (Fsp3) is 0.917. The molecule has 0 bridgehead atoms. The number of carbonyl (C=O) groups excluding carboxylic acids is 1. The van der Waals surface area contributed by atoms with Crippen molar-refractivity contribution in [3.63, 3.8) is 0 Å². The Morgan fingerprint density at radius 1 is 0.941 bits per heavy atom. The third-order valence-corrected chi connectivity index (χ3v) is 4.09. The quantitative estimate of drug-likeness (QED) is 0.434. The highest BCUT2D eigenvalue weighted by Crippen LogP contribution is 2.08. The van der Waals surface area contributed by atoms with Crippen molar-refractivity contribution in [2.45, 2.75) is 58.3 Å². The number of sulfonamides is 1. The molecule has 0 aromatic heterocycles. The number of rotatable bonds is 12. The predicted octanol–water partition coefficient (Wildman–Crippen LogP) is 2.25. The lowest BCUT2D eigenvalue weighted by atomic mass is 10.1. The largest absolute Gasteiger partial charge is 0.302 e. The van der Waals surface area contributed by atoms with E-state index in [1.54, 1.807) is 0 Å². The summed E-state index contributed by atoms with van der Waals surface area (Å²) < 4.78 is 24.8. The summed E-state index contributed by atoms with van der Waals surface area (Å²) >= 11 is 0. The standard InChI is InChI=1S/C12H25NO3S/c1-2-3-4-5-6-7-8-9-12-17(15,16)13-10-11-14/h11,13H,2-10,12H2,1H3. The number of hydrogen-bond donors (Lipinski definition) is 1. The van der Waals surface area contributed by atoms with E-state index in [1.807, 2.05) is 0 Å². The van der Waals surface area contributed by atoms with Crippen molar-refractivity contribution in [3.05, 3.63) is 0 Å². The van der Waals surface area contributed by atoms with Crippen molar-refractivity contribution in [2.75, 3.05) is 12.3 Å². The molecule has 0 spiro atoms. The van der Waals surface area contributed by atoms with Gasteiger partial charge in [0.25, 0.3) is 0 Å². The smallest absolute Gasteiger partial charge is 0.211 e. The number of aldehydes is 1. The maximum absolute atomic E-state index is 11.3. The molecule has 4 nitrogen and oxygen atoms in total. The van der Waals surface area contributed by atoms with Gasteiger partial charge in [0.15, 0.2) is 0 Å². The van der Waals surface area contributed by atoms with Crippen LogP contribution >= 0.6 is 0 Å². The van der Waals surface area contributed by atoms with E-state index < -0.39 is 10.0 Å². The zero-order valence-electron chi connectivity index (χ0n) is 10.8. The molecule has 0 saturated heterocycles. The molecule has 0 heterocycles. The van der Waals surface area contributed by atoms with E-state index in [9.17, 15) is 13.2 Å². The van der Waals surface area contributed by atoms with Crippen LogP contribution in [0.4, 0.5) is 0 Å². The Balaban J connectivity index is 3.35. The van der Waals surface area contributed by atoms with Gasteiger partial charge in [-0.2, -0.15) is 0 Å². The molecule has 0 aliphatic rings. The fourth-order valence-electron chi connectivity index (χ4n) is 1.66. The van der Waals surface area contributed by atoms with Crippen LogP contribution in [0, 0.1) is 0 Å². The molecule has 102 valence electrons. The summed E-state index contributed by atoms with van der Waals surface area (Å²) in [6.07, 6.45) is 9.58. The van der Waals surface area contributed by atoms with Gasteiger partial charge < -0.3 is 4.79 Å². The van der Waals surface area contributed by atoms with Crippen LogP contribution < -0.4 is 4.72 Å². The second-order valence-corrected chi connectivity index (χ2v) is 6.24. The predicted molar refractivity (Wildman–Crippen MR) is 70.5 cm³/mol. The van der Waals surface area contributed by atoms with Crippen LogP contribution in [0.15, 0.2) is 0 Å². The average Bonchev–Trinajstić information content (AvgIpc) is 2.30.